The predicted molar refractivity (Wildman–Crippen MR) is 118 cm³/mol. The number of amides is 5. The minimum absolute atomic E-state index is 0.0301. The third kappa shape index (κ3) is 11.0. The summed E-state index contributed by atoms with van der Waals surface area (Å²) in [4.78, 5) is 71.5. The van der Waals surface area contributed by atoms with Gasteiger partial charge in [0.1, 0.15) is 18.6 Å². The topological polar surface area (TPSA) is 229 Å². The maximum atomic E-state index is 12.8. The summed E-state index contributed by atoms with van der Waals surface area (Å²) in [6.07, 6.45) is -0.628. The molecule has 1 rings (SSSR count). The number of aliphatic carboxylic acids is 1. The van der Waals surface area contributed by atoms with Crippen molar-refractivity contribution in [2.24, 2.45) is 11.7 Å². The number of primary amides is 1. The summed E-state index contributed by atoms with van der Waals surface area (Å²) in [7, 11) is 0. The molecule has 0 bridgehead atoms. The number of carbonyl (C=O) groups is 6. The standard InChI is InChI=1S/C20H34N6O8/c1-10(2)5-14(19(33)24-9-17(30)31)26-20(34)12(3-4-15(21)28)25-16(29)8-23-18(32)13-6-11(27)7-22-13/h10-14,22,27H,3-9H2,1-2H3,(H2,21,28)(H,23,32)(H,24,33)(H,25,29)(H,26,34)(H,30,31)/t11-,12+,13+,14+/m0/s1. The summed E-state index contributed by atoms with van der Waals surface area (Å²) in [6.45, 7) is 2.78. The van der Waals surface area contributed by atoms with E-state index in [0.29, 0.717) is 0 Å². The van der Waals surface area contributed by atoms with Crippen LogP contribution in [0.2, 0.25) is 0 Å². The van der Waals surface area contributed by atoms with Crippen LogP contribution in [0.5, 0.6) is 0 Å². The highest BCUT2D eigenvalue weighted by atomic mass is 16.4. The van der Waals surface area contributed by atoms with E-state index in [1.165, 1.54) is 0 Å². The smallest absolute Gasteiger partial charge is 0.322 e. The Morgan fingerprint density at radius 3 is 2.21 bits per heavy atom. The molecule has 0 aliphatic carbocycles. The van der Waals surface area contributed by atoms with Gasteiger partial charge in [-0.1, -0.05) is 13.8 Å². The van der Waals surface area contributed by atoms with E-state index in [0.717, 1.165) is 0 Å². The van der Waals surface area contributed by atoms with Gasteiger partial charge in [0.15, 0.2) is 0 Å². The lowest BCUT2D eigenvalue weighted by atomic mass is 10.0. The fourth-order valence-electron chi connectivity index (χ4n) is 3.27. The van der Waals surface area contributed by atoms with Crippen LogP contribution in [0.3, 0.4) is 0 Å². The third-order valence-electron chi connectivity index (χ3n) is 4.93. The monoisotopic (exact) mass is 486 g/mol. The first-order valence-electron chi connectivity index (χ1n) is 11.0. The first-order valence-corrected chi connectivity index (χ1v) is 11.0. The van der Waals surface area contributed by atoms with E-state index in [1.807, 2.05) is 0 Å². The predicted octanol–water partition coefficient (Wildman–Crippen LogP) is -3.69. The van der Waals surface area contributed by atoms with Gasteiger partial charge in [-0.05, 0) is 25.2 Å². The van der Waals surface area contributed by atoms with Crippen molar-refractivity contribution >= 4 is 35.5 Å². The minimum Gasteiger partial charge on any atom is -0.480 e. The van der Waals surface area contributed by atoms with Gasteiger partial charge in [0.2, 0.25) is 29.5 Å². The van der Waals surface area contributed by atoms with Gasteiger partial charge >= 0.3 is 5.97 Å². The molecule has 0 aromatic rings. The molecule has 1 fully saturated rings. The van der Waals surface area contributed by atoms with Crippen molar-refractivity contribution < 1.29 is 39.0 Å². The highest BCUT2D eigenvalue weighted by Gasteiger charge is 2.30. The van der Waals surface area contributed by atoms with Crippen molar-refractivity contribution in [2.75, 3.05) is 19.6 Å². The first kappa shape index (κ1) is 28.8. The summed E-state index contributed by atoms with van der Waals surface area (Å²) in [5, 5.41) is 30.5. The lowest BCUT2D eigenvalue weighted by Crippen LogP contribution is -2.55. The third-order valence-corrected chi connectivity index (χ3v) is 4.93. The lowest BCUT2D eigenvalue weighted by molar-refractivity contribution is -0.138. The van der Waals surface area contributed by atoms with Crippen molar-refractivity contribution in [3.63, 3.8) is 0 Å². The minimum atomic E-state index is -1.25. The largest absolute Gasteiger partial charge is 0.480 e. The normalized spacial score (nSPS) is 19.1. The van der Waals surface area contributed by atoms with Crippen LogP contribution in [0.15, 0.2) is 0 Å². The molecule has 0 aromatic carbocycles. The van der Waals surface area contributed by atoms with E-state index in [9.17, 15) is 33.9 Å². The lowest BCUT2D eigenvalue weighted by Gasteiger charge is -2.24. The number of carboxylic acid groups (broad SMARTS) is 1. The molecule has 192 valence electrons. The zero-order chi connectivity index (χ0) is 25.8. The van der Waals surface area contributed by atoms with E-state index in [4.69, 9.17) is 10.8 Å². The summed E-state index contributed by atoms with van der Waals surface area (Å²) >= 11 is 0. The fraction of sp³-hybridized carbons (Fsp3) is 0.700. The van der Waals surface area contributed by atoms with Crippen LogP contribution in [0.4, 0.5) is 0 Å². The molecule has 1 heterocycles. The Morgan fingerprint density at radius 2 is 1.68 bits per heavy atom. The highest BCUT2D eigenvalue weighted by molar-refractivity contribution is 5.94. The Morgan fingerprint density at radius 1 is 1.00 bits per heavy atom. The number of nitrogens with two attached hydrogens (primary N) is 1. The average Bonchev–Trinajstić information content (AvgIpc) is 3.18. The molecular formula is C20H34N6O8. The average molecular weight is 487 g/mol. The maximum Gasteiger partial charge on any atom is 0.322 e. The van der Waals surface area contributed by atoms with Gasteiger partial charge in [0.05, 0.1) is 18.7 Å². The van der Waals surface area contributed by atoms with E-state index in [2.05, 4.69) is 26.6 Å². The Hall–Kier alpha value is -3.26. The van der Waals surface area contributed by atoms with Crippen LogP contribution >= 0.6 is 0 Å². The van der Waals surface area contributed by atoms with Gasteiger partial charge in [-0.15, -0.1) is 0 Å². The van der Waals surface area contributed by atoms with Crippen molar-refractivity contribution in [3.8, 4) is 0 Å². The fourth-order valence-corrected chi connectivity index (χ4v) is 3.27. The molecule has 34 heavy (non-hydrogen) atoms. The molecule has 14 nitrogen and oxygen atoms in total. The van der Waals surface area contributed by atoms with Crippen LogP contribution in [0, 0.1) is 5.92 Å². The van der Waals surface area contributed by atoms with Crippen molar-refractivity contribution in [1.82, 2.24) is 26.6 Å². The van der Waals surface area contributed by atoms with Gasteiger partial charge < -0.3 is 42.5 Å². The van der Waals surface area contributed by atoms with E-state index in [1.54, 1.807) is 13.8 Å². The Labute approximate surface area is 196 Å². The van der Waals surface area contributed by atoms with Gasteiger partial charge in [-0.25, -0.2) is 0 Å². The van der Waals surface area contributed by atoms with E-state index in [-0.39, 0.29) is 38.1 Å². The summed E-state index contributed by atoms with van der Waals surface area (Å²) in [6, 6.07) is -2.94. The zero-order valence-corrected chi connectivity index (χ0v) is 19.3. The number of carboxylic acids is 1. The van der Waals surface area contributed by atoms with Crippen LogP contribution in [0.25, 0.3) is 0 Å². The molecule has 1 aliphatic rings. The number of aliphatic hydroxyl groups is 1. The molecule has 0 radical (unpaired) electrons. The van der Waals surface area contributed by atoms with Crippen LogP contribution < -0.4 is 32.3 Å². The molecule has 0 spiro atoms. The number of β-amino-alcohol motifs (C(OH)–C–C–N with tert-alkyl or cyclic N) is 1. The quantitative estimate of drug-likeness (QED) is 0.121. The molecular weight excluding hydrogens is 452 g/mol. The number of aliphatic hydroxyl groups excluding tert-OH is 1. The molecule has 0 saturated carbocycles. The highest BCUT2D eigenvalue weighted by Crippen LogP contribution is 2.07. The molecule has 5 amide bonds. The summed E-state index contributed by atoms with van der Waals surface area (Å²) in [5.74, 6) is -4.66. The number of rotatable bonds is 14. The van der Waals surface area contributed by atoms with Crippen molar-refractivity contribution in [3.05, 3.63) is 0 Å². The number of carbonyl (C=O) groups excluding carboxylic acids is 5. The molecule has 1 aliphatic heterocycles. The summed E-state index contributed by atoms with van der Waals surface area (Å²) < 4.78 is 0. The molecule has 0 aromatic heterocycles. The molecule has 4 atom stereocenters. The van der Waals surface area contributed by atoms with Crippen LogP contribution in [-0.4, -0.2) is 89.6 Å². The second-order valence-electron chi connectivity index (χ2n) is 8.50. The van der Waals surface area contributed by atoms with Crippen molar-refractivity contribution in [2.45, 2.75) is 63.8 Å². The number of hydrogen-bond donors (Lipinski definition) is 8. The molecule has 1 saturated heterocycles. The second kappa shape index (κ2) is 14.1. The summed E-state index contributed by atoms with van der Waals surface area (Å²) in [5.41, 5.74) is 5.15. The van der Waals surface area contributed by atoms with Gasteiger partial charge in [0.25, 0.3) is 0 Å². The Balaban J connectivity index is 2.76. The number of nitrogens with one attached hydrogen (secondary N) is 5. The molecule has 9 N–H and O–H groups in total. The van der Waals surface area contributed by atoms with Crippen LogP contribution in [-0.2, 0) is 28.8 Å². The maximum absolute atomic E-state index is 12.8. The van der Waals surface area contributed by atoms with Crippen LogP contribution in [0.1, 0.15) is 39.5 Å². The van der Waals surface area contributed by atoms with Gasteiger partial charge in [-0.2, -0.15) is 0 Å². The van der Waals surface area contributed by atoms with E-state index >= 15 is 0 Å². The zero-order valence-electron chi connectivity index (χ0n) is 19.3. The second-order valence-corrected chi connectivity index (χ2v) is 8.50. The van der Waals surface area contributed by atoms with Gasteiger partial charge in [0, 0.05) is 13.0 Å². The van der Waals surface area contributed by atoms with Crippen molar-refractivity contribution in [1.29, 1.82) is 0 Å². The Bertz CT molecular complexity index is 774. The Kier molecular flexibility index (Phi) is 11.9. The number of hydrogen-bond acceptors (Lipinski definition) is 8. The molecule has 0 unspecified atom stereocenters. The molecule has 14 heteroatoms. The van der Waals surface area contributed by atoms with Gasteiger partial charge in [-0.3, -0.25) is 28.8 Å². The van der Waals surface area contributed by atoms with E-state index < -0.39 is 72.8 Å². The SMILES string of the molecule is CC(C)C[C@@H](NC(=O)[C@@H](CCC(N)=O)NC(=O)CNC(=O)[C@H]1C[C@H](O)CN1)C(=O)NCC(=O)O. The first-order chi connectivity index (χ1) is 15.9.